The lowest BCUT2D eigenvalue weighted by Gasteiger charge is -2.30. The van der Waals surface area contributed by atoms with Gasteiger partial charge in [0.05, 0.1) is 10.8 Å². The van der Waals surface area contributed by atoms with Gasteiger partial charge >= 0.3 is 5.97 Å². The van der Waals surface area contributed by atoms with Crippen LogP contribution in [0.25, 0.3) is 0 Å². The molecule has 0 radical (unpaired) electrons. The molecule has 2 N–H and O–H groups in total. The number of nitrogens with one attached hydrogen (secondary N) is 1. The number of likely N-dealkylation sites (tertiary alicyclic amines) is 1. The number of nitrogens with zero attached hydrogens (tertiary/aromatic N) is 1. The number of aliphatic carboxylic acids is 1. The Hall–Kier alpha value is -2.67. The summed E-state index contributed by atoms with van der Waals surface area (Å²) in [7, 11) is 0. The number of piperidine rings is 1. The fraction of sp³-hybridized carbons (Fsp3) is 0.350. The normalized spacial score (nSPS) is 14.8. The predicted molar refractivity (Wildman–Crippen MR) is 104 cm³/mol. The number of carbonyl (C=O) groups is 3. The van der Waals surface area contributed by atoms with Gasteiger partial charge in [0.2, 0.25) is 0 Å². The smallest absolute Gasteiger partial charge is 0.306 e. The van der Waals surface area contributed by atoms with Crippen molar-refractivity contribution in [3.05, 3.63) is 51.2 Å². The van der Waals surface area contributed by atoms with E-state index in [1.54, 1.807) is 29.2 Å². The molecule has 1 saturated heterocycles. The maximum Gasteiger partial charge on any atom is 0.306 e. The molecular weight excluding hydrogens is 364 g/mol. The summed E-state index contributed by atoms with van der Waals surface area (Å²) in [5, 5.41) is 11.9. The highest BCUT2D eigenvalue weighted by Gasteiger charge is 2.27. The van der Waals surface area contributed by atoms with Crippen LogP contribution >= 0.6 is 11.3 Å². The van der Waals surface area contributed by atoms with Crippen LogP contribution in [0.1, 0.15) is 43.3 Å². The molecule has 0 saturated carbocycles. The summed E-state index contributed by atoms with van der Waals surface area (Å²) in [4.78, 5) is 39.3. The first-order chi connectivity index (χ1) is 12.8. The Morgan fingerprint density at radius 1 is 1.11 bits per heavy atom. The van der Waals surface area contributed by atoms with E-state index < -0.39 is 5.97 Å². The van der Waals surface area contributed by atoms with Gasteiger partial charge in [-0.15, -0.1) is 11.3 Å². The molecule has 27 heavy (non-hydrogen) atoms. The Kier molecular flexibility index (Phi) is 5.60. The van der Waals surface area contributed by atoms with Crippen LogP contribution in [-0.4, -0.2) is 40.9 Å². The number of hydrogen-bond donors (Lipinski definition) is 2. The third-order valence-corrected chi connectivity index (χ3v) is 6.06. The lowest BCUT2D eigenvalue weighted by atomic mass is 9.96. The molecule has 3 rings (SSSR count). The maximum absolute atomic E-state index is 12.6. The first-order valence-corrected chi connectivity index (χ1v) is 9.67. The van der Waals surface area contributed by atoms with Crippen LogP contribution in [0.2, 0.25) is 0 Å². The second kappa shape index (κ2) is 7.92. The average molecular weight is 386 g/mol. The topological polar surface area (TPSA) is 86.7 Å². The lowest BCUT2D eigenvalue weighted by Crippen LogP contribution is -2.40. The monoisotopic (exact) mass is 386 g/mol. The quantitative estimate of drug-likeness (QED) is 0.841. The zero-order chi connectivity index (χ0) is 19.6. The molecular formula is C20H22N2O4S. The highest BCUT2D eigenvalue weighted by Crippen LogP contribution is 2.23. The first kappa shape index (κ1) is 19.1. The van der Waals surface area contributed by atoms with E-state index in [0.717, 1.165) is 10.4 Å². The second-order valence-electron chi connectivity index (χ2n) is 6.79. The Morgan fingerprint density at radius 2 is 1.74 bits per heavy atom. The highest BCUT2D eigenvalue weighted by molar-refractivity contribution is 7.14. The number of hydrogen-bond acceptors (Lipinski definition) is 4. The van der Waals surface area contributed by atoms with Crippen molar-refractivity contribution in [2.75, 3.05) is 18.4 Å². The molecule has 6 nitrogen and oxygen atoms in total. The number of benzene rings is 1. The van der Waals surface area contributed by atoms with Crippen molar-refractivity contribution in [1.82, 2.24) is 4.90 Å². The molecule has 1 fully saturated rings. The molecule has 0 aliphatic carbocycles. The molecule has 142 valence electrons. The van der Waals surface area contributed by atoms with Gasteiger partial charge in [-0.2, -0.15) is 0 Å². The third kappa shape index (κ3) is 4.36. The van der Waals surface area contributed by atoms with Crippen molar-refractivity contribution >= 4 is 34.8 Å². The summed E-state index contributed by atoms with van der Waals surface area (Å²) in [5.74, 6) is -1.43. The van der Waals surface area contributed by atoms with Gasteiger partial charge in [0.25, 0.3) is 11.8 Å². The van der Waals surface area contributed by atoms with Crippen molar-refractivity contribution in [3.8, 4) is 0 Å². The molecule has 1 aliphatic heterocycles. The summed E-state index contributed by atoms with van der Waals surface area (Å²) >= 11 is 1.46. The van der Waals surface area contributed by atoms with Crippen molar-refractivity contribution in [3.63, 3.8) is 0 Å². The van der Waals surface area contributed by atoms with Gasteiger partial charge < -0.3 is 15.3 Å². The molecule has 0 unspecified atom stereocenters. The first-order valence-electron chi connectivity index (χ1n) is 8.85. The third-order valence-electron chi connectivity index (χ3n) is 4.91. The molecule has 0 spiro atoms. The number of carbonyl (C=O) groups excluding carboxylic acids is 2. The van der Waals surface area contributed by atoms with Gasteiger partial charge in [-0.05, 0) is 62.6 Å². The van der Waals surface area contributed by atoms with Gasteiger partial charge in [-0.3, -0.25) is 14.4 Å². The predicted octanol–water partition coefficient (Wildman–Crippen LogP) is 3.55. The van der Waals surface area contributed by atoms with Gasteiger partial charge in [0, 0.05) is 29.2 Å². The number of aryl methyl sites for hydroxylation is 2. The zero-order valence-electron chi connectivity index (χ0n) is 15.3. The standard InChI is InChI=1S/C20H22N2O4S/c1-12-11-17(27-13(12)2)18(23)21-16-5-3-14(4-6-16)19(24)22-9-7-15(8-10-22)20(25)26/h3-6,11,15H,7-10H2,1-2H3,(H,21,23)(H,25,26). The minimum Gasteiger partial charge on any atom is -0.481 e. The fourth-order valence-electron chi connectivity index (χ4n) is 3.09. The molecule has 0 bridgehead atoms. The summed E-state index contributed by atoms with van der Waals surface area (Å²) in [5.41, 5.74) is 2.26. The average Bonchev–Trinajstić information content (AvgIpc) is 3.01. The van der Waals surface area contributed by atoms with Crippen molar-refractivity contribution in [2.45, 2.75) is 26.7 Å². The van der Waals surface area contributed by atoms with Crippen molar-refractivity contribution in [2.24, 2.45) is 5.92 Å². The van der Waals surface area contributed by atoms with Crippen molar-refractivity contribution in [1.29, 1.82) is 0 Å². The van der Waals surface area contributed by atoms with Crippen LogP contribution in [0.3, 0.4) is 0 Å². The molecule has 7 heteroatoms. The van der Waals surface area contributed by atoms with Crippen LogP contribution in [0, 0.1) is 19.8 Å². The molecule has 1 aromatic carbocycles. The molecule has 2 amide bonds. The maximum atomic E-state index is 12.6. The number of amides is 2. The molecule has 2 heterocycles. The van der Waals surface area contributed by atoms with Gasteiger partial charge in [0.15, 0.2) is 0 Å². The Balaban J connectivity index is 1.60. The van der Waals surface area contributed by atoms with E-state index in [9.17, 15) is 14.4 Å². The molecule has 2 aromatic rings. The summed E-state index contributed by atoms with van der Waals surface area (Å²) < 4.78 is 0. The van der Waals surface area contributed by atoms with Crippen LogP contribution < -0.4 is 5.32 Å². The van der Waals surface area contributed by atoms with E-state index in [2.05, 4.69) is 5.32 Å². The number of anilines is 1. The van der Waals surface area contributed by atoms with Crippen LogP contribution in [0.4, 0.5) is 5.69 Å². The van der Waals surface area contributed by atoms with Crippen molar-refractivity contribution < 1.29 is 19.5 Å². The van der Waals surface area contributed by atoms with Gasteiger partial charge in [0.1, 0.15) is 0 Å². The lowest BCUT2D eigenvalue weighted by molar-refractivity contribution is -0.143. The van der Waals surface area contributed by atoms with Crippen LogP contribution in [0.15, 0.2) is 30.3 Å². The number of carboxylic acids is 1. The van der Waals surface area contributed by atoms with E-state index in [1.807, 2.05) is 19.9 Å². The molecule has 1 aliphatic rings. The zero-order valence-corrected chi connectivity index (χ0v) is 16.1. The van der Waals surface area contributed by atoms with Crippen LogP contribution in [-0.2, 0) is 4.79 Å². The SMILES string of the molecule is Cc1cc(C(=O)Nc2ccc(C(=O)N3CCC(C(=O)O)CC3)cc2)sc1C. The second-order valence-corrected chi connectivity index (χ2v) is 8.04. The van der Waals surface area contributed by atoms with E-state index in [0.29, 0.717) is 42.1 Å². The van der Waals surface area contributed by atoms with E-state index in [1.165, 1.54) is 11.3 Å². The Bertz CT molecular complexity index is 845. The largest absolute Gasteiger partial charge is 0.481 e. The van der Waals surface area contributed by atoms with E-state index in [4.69, 9.17) is 5.11 Å². The Morgan fingerprint density at radius 3 is 2.26 bits per heavy atom. The highest BCUT2D eigenvalue weighted by atomic mass is 32.1. The summed E-state index contributed by atoms with van der Waals surface area (Å²) in [6.07, 6.45) is 0.962. The molecule has 1 aromatic heterocycles. The van der Waals surface area contributed by atoms with Crippen LogP contribution in [0.5, 0.6) is 0 Å². The fourth-order valence-corrected chi connectivity index (χ4v) is 4.02. The summed E-state index contributed by atoms with van der Waals surface area (Å²) in [6.45, 7) is 4.86. The van der Waals surface area contributed by atoms with E-state index in [-0.39, 0.29) is 17.7 Å². The number of carboxylic acid groups (broad SMARTS) is 1. The minimum atomic E-state index is -0.793. The summed E-state index contributed by atoms with van der Waals surface area (Å²) in [6, 6.07) is 8.66. The number of thiophene rings is 1. The number of rotatable bonds is 4. The van der Waals surface area contributed by atoms with E-state index >= 15 is 0 Å². The Labute approximate surface area is 161 Å². The molecule has 0 atom stereocenters. The van der Waals surface area contributed by atoms with Gasteiger partial charge in [-0.1, -0.05) is 0 Å². The van der Waals surface area contributed by atoms with Gasteiger partial charge in [-0.25, -0.2) is 0 Å². The minimum absolute atomic E-state index is 0.110.